The van der Waals surface area contributed by atoms with E-state index in [0.717, 1.165) is 29.6 Å². The van der Waals surface area contributed by atoms with Crippen LogP contribution < -0.4 is 0 Å². The summed E-state index contributed by atoms with van der Waals surface area (Å²) in [5.74, 6) is 0.660. The molecule has 0 N–H and O–H groups in total. The van der Waals surface area contributed by atoms with Crippen LogP contribution in [0.5, 0.6) is 0 Å². The fourth-order valence-electron chi connectivity index (χ4n) is 2.57. The Morgan fingerprint density at radius 3 is 2.55 bits per heavy atom. The molecule has 3 rings (SSSR count). The first kappa shape index (κ1) is 15.0. The molecule has 2 aromatic heterocycles. The average Bonchev–Trinajstić information content (AvgIpc) is 3.23. The third-order valence-electron chi connectivity index (χ3n) is 4.36. The Morgan fingerprint density at radius 2 is 2.00 bits per heavy atom. The van der Waals surface area contributed by atoms with Gasteiger partial charge in [0.1, 0.15) is 0 Å². The minimum Gasteiger partial charge on any atom is -0.339 e. The second-order valence-electron chi connectivity index (χ2n) is 6.78. The van der Waals surface area contributed by atoms with Crippen LogP contribution in [0.1, 0.15) is 74.1 Å². The molecule has 1 saturated carbocycles. The molecule has 0 aliphatic heterocycles. The second kappa shape index (κ2) is 5.38. The van der Waals surface area contributed by atoms with E-state index >= 15 is 0 Å². The van der Waals surface area contributed by atoms with Gasteiger partial charge in [-0.2, -0.15) is 0 Å². The molecular formula is C17H23N3O2. The van der Waals surface area contributed by atoms with Gasteiger partial charge in [0.15, 0.2) is 0 Å². The van der Waals surface area contributed by atoms with E-state index in [-0.39, 0.29) is 17.9 Å². The van der Waals surface area contributed by atoms with Crippen LogP contribution in [0.2, 0.25) is 0 Å². The summed E-state index contributed by atoms with van der Waals surface area (Å²) in [6, 6.07) is 2.09. The van der Waals surface area contributed by atoms with Crippen LogP contribution in [0.4, 0.5) is 0 Å². The highest BCUT2D eigenvalue weighted by atomic mass is 16.5. The Morgan fingerprint density at radius 1 is 1.32 bits per heavy atom. The normalized spacial score (nSPS) is 15.0. The van der Waals surface area contributed by atoms with E-state index in [0.29, 0.717) is 17.2 Å². The molecule has 2 aromatic rings. The van der Waals surface area contributed by atoms with E-state index in [9.17, 15) is 4.79 Å². The summed E-state index contributed by atoms with van der Waals surface area (Å²) < 4.78 is 5.43. The molecule has 0 atom stereocenters. The number of hydrogen-bond donors (Lipinski definition) is 0. The Bertz CT molecular complexity index is 714. The number of amides is 1. The Balaban J connectivity index is 2.19. The first-order valence-electron chi connectivity index (χ1n) is 7.97. The van der Waals surface area contributed by atoms with Crippen molar-refractivity contribution in [2.24, 2.45) is 0 Å². The third-order valence-corrected chi connectivity index (χ3v) is 4.36. The van der Waals surface area contributed by atoms with Gasteiger partial charge in [-0.15, -0.1) is 0 Å². The first-order chi connectivity index (χ1) is 10.4. The van der Waals surface area contributed by atoms with Crippen LogP contribution in [0.25, 0.3) is 11.1 Å². The molecule has 0 radical (unpaired) electrons. The first-order valence-corrected chi connectivity index (χ1v) is 7.97. The lowest BCUT2D eigenvalue weighted by Gasteiger charge is -2.22. The maximum absolute atomic E-state index is 12.9. The second-order valence-corrected chi connectivity index (χ2v) is 6.78. The van der Waals surface area contributed by atoms with Gasteiger partial charge in [-0.05, 0) is 38.7 Å². The fraction of sp³-hybridized carbons (Fsp3) is 0.588. The van der Waals surface area contributed by atoms with Crippen molar-refractivity contribution in [1.29, 1.82) is 0 Å². The van der Waals surface area contributed by atoms with Crippen LogP contribution in [-0.4, -0.2) is 34.0 Å². The number of nitrogens with zero attached hydrogens (tertiary/aromatic N) is 3. The molecule has 0 spiro atoms. The summed E-state index contributed by atoms with van der Waals surface area (Å²) in [4.78, 5) is 19.2. The molecule has 0 unspecified atom stereocenters. The monoisotopic (exact) mass is 301 g/mol. The highest BCUT2D eigenvalue weighted by Crippen LogP contribution is 2.41. The molecule has 22 heavy (non-hydrogen) atoms. The summed E-state index contributed by atoms with van der Waals surface area (Å²) in [5.41, 5.74) is 2.94. The van der Waals surface area contributed by atoms with E-state index in [1.807, 2.05) is 40.8 Å². The van der Waals surface area contributed by atoms with Crippen LogP contribution in [0, 0.1) is 0 Å². The van der Waals surface area contributed by atoms with Crippen molar-refractivity contribution in [1.82, 2.24) is 15.0 Å². The van der Waals surface area contributed by atoms with Gasteiger partial charge in [-0.1, -0.05) is 19.0 Å². The van der Waals surface area contributed by atoms with Gasteiger partial charge in [-0.25, -0.2) is 4.98 Å². The van der Waals surface area contributed by atoms with Crippen molar-refractivity contribution in [2.75, 3.05) is 7.05 Å². The molecule has 1 aliphatic rings. The summed E-state index contributed by atoms with van der Waals surface area (Å²) >= 11 is 0. The predicted octanol–water partition coefficient (Wildman–Crippen LogP) is 3.70. The number of pyridine rings is 1. The zero-order valence-corrected chi connectivity index (χ0v) is 13.9. The molecule has 5 nitrogen and oxygen atoms in total. The quantitative estimate of drug-likeness (QED) is 0.864. The molecule has 0 saturated heterocycles. The van der Waals surface area contributed by atoms with E-state index in [1.54, 1.807) is 4.90 Å². The Hall–Kier alpha value is -1.91. The lowest BCUT2D eigenvalue weighted by Crippen LogP contribution is -2.33. The minimum absolute atomic E-state index is 0.00870. The molecule has 1 aliphatic carbocycles. The maximum atomic E-state index is 12.9. The van der Waals surface area contributed by atoms with Gasteiger partial charge in [0, 0.05) is 24.7 Å². The molecule has 1 amide bonds. The zero-order valence-electron chi connectivity index (χ0n) is 13.9. The lowest BCUT2D eigenvalue weighted by molar-refractivity contribution is 0.0756. The molecule has 118 valence electrons. The van der Waals surface area contributed by atoms with E-state index in [4.69, 9.17) is 4.52 Å². The van der Waals surface area contributed by atoms with Crippen molar-refractivity contribution in [3.63, 3.8) is 0 Å². The SMILES string of the molecule is CC(C)c1noc2nc(C3CC3)cc(C(=O)N(C)C(C)C)c12. The van der Waals surface area contributed by atoms with Gasteiger partial charge in [0.25, 0.3) is 11.6 Å². The van der Waals surface area contributed by atoms with Crippen LogP contribution >= 0.6 is 0 Å². The molecule has 0 bridgehead atoms. The number of rotatable bonds is 4. The van der Waals surface area contributed by atoms with Gasteiger partial charge in [-0.3, -0.25) is 4.79 Å². The van der Waals surface area contributed by atoms with Gasteiger partial charge < -0.3 is 9.42 Å². The molecular weight excluding hydrogens is 278 g/mol. The van der Waals surface area contributed by atoms with Gasteiger partial charge in [0.2, 0.25) is 0 Å². The van der Waals surface area contributed by atoms with Crippen molar-refractivity contribution in [2.45, 2.75) is 58.4 Å². The summed E-state index contributed by atoms with van der Waals surface area (Å²) in [6.07, 6.45) is 2.27. The zero-order chi connectivity index (χ0) is 16.0. The largest absolute Gasteiger partial charge is 0.339 e. The molecule has 1 fully saturated rings. The Labute approximate surface area is 130 Å². The molecule has 0 aromatic carbocycles. The Kier molecular flexibility index (Phi) is 3.67. The summed E-state index contributed by atoms with van der Waals surface area (Å²) in [5, 5.41) is 4.93. The van der Waals surface area contributed by atoms with Gasteiger partial charge in [0.05, 0.1) is 16.6 Å². The van der Waals surface area contributed by atoms with Crippen LogP contribution in [-0.2, 0) is 0 Å². The molecule has 5 heteroatoms. The summed E-state index contributed by atoms with van der Waals surface area (Å²) in [6.45, 7) is 8.11. The lowest BCUT2D eigenvalue weighted by atomic mass is 10.0. The number of aromatic nitrogens is 2. The van der Waals surface area contributed by atoms with Crippen molar-refractivity contribution < 1.29 is 9.32 Å². The van der Waals surface area contributed by atoms with E-state index in [2.05, 4.69) is 10.1 Å². The fourth-order valence-corrected chi connectivity index (χ4v) is 2.57. The minimum atomic E-state index is 0.00870. The van der Waals surface area contributed by atoms with Crippen molar-refractivity contribution in [3.8, 4) is 0 Å². The highest BCUT2D eigenvalue weighted by molar-refractivity contribution is 6.06. The summed E-state index contributed by atoms with van der Waals surface area (Å²) in [7, 11) is 1.83. The maximum Gasteiger partial charge on any atom is 0.259 e. The standard InChI is InChI=1S/C17H23N3O2/c1-9(2)15-14-12(17(21)20(5)10(3)4)8-13(11-6-7-11)18-16(14)22-19-15/h8-11H,6-7H2,1-5H3. The third kappa shape index (κ3) is 2.49. The van der Waals surface area contributed by atoms with E-state index in [1.165, 1.54) is 0 Å². The highest BCUT2D eigenvalue weighted by Gasteiger charge is 2.30. The van der Waals surface area contributed by atoms with Crippen molar-refractivity contribution >= 4 is 17.0 Å². The van der Waals surface area contributed by atoms with Crippen LogP contribution in [0.3, 0.4) is 0 Å². The van der Waals surface area contributed by atoms with Gasteiger partial charge >= 0.3 is 0 Å². The predicted molar refractivity (Wildman–Crippen MR) is 85.1 cm³/mol. The average molecular weight is 301 g/mol. The number of carbonyl (C=O) groups excluding carboxylic acids is 1. The molecule has 2 heterocycles. The van der Waals surface area contributed by atoms with E-state index < -0.39 is 0 Å². The topological polar surface area (TPSA) is 59.2 Å². The van der Waals surface area contributed by atoms with Crippen molar-refractivity contribution in [3.05, 3.63) is 23.0 Å². The number of carbonyl (C=O) groups is 1. The smallest absolute Gasteiger partial charge is 0.259 e. The van der Waals surface area contributed by atoms with Crippen LogP contribution in [0.15, 0.2) is 10.6 Å². The number of hydrogen-bond acceptors (Lipinski definition) is 4. The number of fused-ring (bicyclic) bond motifs is 1.